The predicted octanol–water partition coefficient (Wildman–Crippen LogP) is 4.16. The number of fused-ring (bicyclic) bond motifs is 1. The minimum atomic E-state index is -1.11. The summed E-state index contributed by atoms with van der Waals surface area (Å²) in [6.45, 7) is 14.5. The molecule has 0 amide bonds. The molecular weight excluding hydrogens is 408 g/mol. The van der Waals surface area contributed by atoms with Crippen LogP contribution >= 0.6 is 0 Å². The molecule has 0 radical (unpaired) electrons. The summed E-state index contributed by atoms with van der Waals surface area (Å²) >= 11 is 0. The van der Waals surface area contributed by atoms with Crippen molar-refractivity contribution in [3.63, 3.8) is 0 Å². The molecule has 2 unspecified atom stereocenters. The predicted molar refractivity (Wildman–Crippen MR) is 126 cm³/mol. The maximum atomic E-state index is 6.45. The van der Waals surface area contributed by atoms with Crippen LogP contribution in [0.3, 0.4) is 0 Å². The van der Waals surface area contributed by atoms with E-state index in [1.54, 1.807) is 6.33 Å². The van der Waals surface area contributed by atoms with E-state index >= 15 is 0 Å². The summed E-state index contributed by atoms with van der Waals surface area (Å²) in [5, 5.41) is 4.52. The lowest BCUT2D eigenvalue weighted by Crippen LogP contribution is -2.31. The summed E-state index contributed by atoms with van der Waals surface area (Å²) in [4.78, 5) is 9.23. The Hall–Kier alpha value is -1.48. The Balaban J connectivity index is 1.63. The normalized spacial score (nSPS) is 27.1. The highest BCUT2D eigenvalue weighted by Gasteiger charge is 2.30. The molecule has 4 atom stereocenters. The Bertz CT molecular complexity index is 882. The number of ether oxygens (including phenoxy) is 3. The van der Waals surface area contributed by atoms with Crippen molar-refractivity contribution < 1.29 is 14.2 Å². The van der Waals surface area contributed by atoms with Gasteiger partial charge in [-0.25, -0.2) is 9.97 Å². The van der Waals surface area contributed by atoms with Crippen molar-refractivity contribution in [3.8, 4) is 5.88 Å². The van der Waals surface area contributed by atoms with Crippen LogP contribution in [0.25, 0.3) is 11.0 Å². The molecule has 7 nitrogen and oxygen atoms in total. The maximum absolute atomic E-state index is 6.45. The number of nitrogens with zero attached hydrogens (tertiary/aromatic N) is 3. The highest BCUT2D eigenvalue weighted by Crippen LogP contribution is 2.39. The summed E-state index contributed by atoms with van der Waals surface area (Å²) in [6, 6.07) is 1.48. The van der Waals surface area contributed by atoms with E-state index in [1.165, 1.54) is 5.56 Å². The van der Waals surface area contributed by atoms with E-state index in [4.69, 9.17) is 14.2 Å². The molecule has 0 aromatic carbocycles. The minimum absolute atomic E-state index is 0.135. The Morgan fingerprint density at radius 3 is 2.77 bits per heavy atom. The second-order valence-corrected chi connectivity index (χ2v) is 16.0. The molecule has 2 aromatic rings. The van der Waals surface area contributed by atoms with Gasteiger partial charge in [-0.15, -0.1) is 0 Å². The van der Waals surface area contributed by atoms with Gasteiger partial charge in [0, 0.05) is 33.5 Å². The first-order chi connectivity index (χ1) is 14.8. The average molecular weight is 447 g/mol. The highest BCUT2D eigenvalue weighted by atomic mass is 28.3. The maximum Gasteiger partial charge on any atom is 0.226 e. The van der Waals surface area contributed by atoms with Gasteiger partial charge < -0.3 is 24.1 Å². The summed E-state index contributed by atoms with van der Waals surface area (Å²) in [6.07, 6.45) is 7.26. The van der Waals surface area contributed by atoms with Crippen molar-refractivity contribution in [2.45, 2.75) is 89.7 Å². The number of nitrogens with one attached hydrogen (secondary N) is 1. The van der Waals surface area contributed by atoms with Gasteiger partial charge in [0.1, 0.15) is 24.8 Å². The number of aromatic nitrogens is 3. The lowest BCUT2D eigenvalue weighted by atomic mass is 9.89. The van der Waals surface area contributed by atoms with Gasteiger partial charge in [-0.2, -0.15) is 0 Å². The molecule has 2 saturated heterocycles. The second kappa shape index (κ2) is 9.56. The standard InChI is InChI=1S/C23H38N4O3Si/c1-16-12-18(7-9-29-16)19-13-27(15-28-10-11-31(3,4)5)22-21(19)23(26-14-25-22)30-20-6-8-24-17(20)2/h13-14,16-18,20,24H,6-12,15H2,1-5H3/t16?,17-,18?,20-/m1/s1. The first-order valence-corrected chi connectivity index (χ1v) is 15.5. The summed E-state index contributed by atoms with van der Waals surface area (Å²) in [5.74, 6) is 1.13. The zero-order valence-electron chi connectivity index (χ0n) is 19.7. The van der Waals surface area contributed by atoms with E-state index in [0.717, 1.165) is 56.1 Å². The van der Waals surface area contributed by atoms with E-state index in [-0.39, 0.29) is 12.2 Å². The van der Waals surface area contributed by atoms with E-state index in [9.17, 15) is 0 Å². The van der Waals surface area contributed by atoms with Gasteiger partial charge in [0.05, 0.1) is 11.5 Å². The van der Waals surface area contributed by atoms with Crippen LogP contribution in [0.1, 0.15) is 44.6 Å². The van der Waals surface area contributed by atoms with Gasteiger partial charge in [0.25, 0.3) is 0 Å². The van der Waals surface area contributed by atoms with Gasteiger partial charge in [-0.05, 0) is 57.2 Å². The quantitative estimate of drug-likeness (QED) is 0.485. The van der Waals surface area contributed by atoms with Crippen molar-refractivity contribution in [1.29, 1.82) is 0 Å². The summed E-state index contributed by atoms with van der Waals surface area (Å²) < 4.78 is 20.5. The SMILES string of the molecule is CC1CC(c2cn(COCC[Si](C)(C)C)c3ncnc(O[C@@H]4CCN[C@@H]4C)c23)CCO1. The molecule has 4 rings (SSSR count). The molecule has 2 aliphatic heterocycles. The lowest BCUT2D eigenvalue weighted by molar-refractivity contribution is 0.0187. The fourth-order valence-electron chi connectivity index (χ4n) is 4.58. The Labute approximate surface area is 186 Å². The smallest absolute Gasteiger partial charge is 0.226 e. The molecule has 8 heteroatoms. The lowest BCUT2D eigenvalue weighted by Gasteiger charge is -2.27. The largest absolute Gasteiger partial charge is 0.472 e. The fraction of sp³-hybridized carbons (Fsp3) is 0.739. The third-order valence-corrected chi connectivity index (χ3v) is 8.22. The van der Waals surface area contributed by atoms with Gasteiger partial charge in [0.2, 0.25) is 5.88 Å². The van der Waals surface area contributed by atoms with Gasteiger partial charge in [-0.1, -0.05) is 19.6 Å². The molecule has 0 aliphatic carbocycles. The molecule has 2 aromatic heterocycles. The van der Waals surface area contributed by atoms with Crippen LogP contribution < -0.4 is 10.1 Å². The number of hydrogen-bond donors (Lipinski definition) is 1. The number of hydrogen-bond acceptors (Lipinski definition) is 6. The van der Waals surface area contributed by atoms with Crippen LogP contribution in [-0.2, 0) is 16.2 Å². The first-order valence-electron chi connectivity index (χ1n) is 11.7. The molecule has 0 spiro atoms. The molecule has 1 N–H and O–H groups in total. The molecule has 172 valence electrons. The van der Waals surface area contributed by atoms with Crippen molar-refractivity contribution in [1.82, 2.24) is 19.9 Å². The highest BCUT2D eigenvalue weighted by molar-refractivity contribution is 6.76. The topological polar surface area (TPSA) is 70.4 Å². The van der Waals surface area contributed by atoms with Crippen LogP contribution in [0.2, 0.25) is 25.7 Å². The van der Waals surface area contributed by atoms with Crippen LogP contribution in [0, 0.1) is 0 Å². The molecule has 2 fully saturated rings. The molecule has 0 saturated carbocycles. The minimum Gasteiger partial charge on any atom is -0.472 e. The number of rotatable bonds is 8. The Kier molecular flexibility index (Phi) is 7.00. The second-order valence-electron chi connectivity index (χ2n) is 10.4. The van der Waals surface area contributed by atoms with Crippen molar-refractivity contribution in [3.05, 3.63) is 18.1 Å². The Morgan fingerprint density at radius 1 is 1.23 bits per heavy atom. The van der Waals surface area contributed by atoms with E-state index in [1.807, 2.05) is 0 Å². The average Bonchev–Trinajstić information content (AvgIpc) is 3.29. The van der Waals surface area contributed by atoms with Crippen molar-refractivity contribution in [2.75, 3.05) is 19.8 Å². The van der Waals surface area contributed by atoms with Gasteiger partial charge in [-0.3, -0.25) is 0 Å². The third-order valence-electron chi connectivity index (χ3n) is 6.52. The first kappa shape index (κ1) is 22.7. The zero-order valence-corrected chi connectivity index (χ0v) is 20.7. The van der Waals surface area contributed by atoms with Crippen LogP contribution in [-0.4, -0.2) is 60.6 Å². The molecule has 4 heterocycles. The monoisotopic (exact) mass is 446 g/mol. The van der Waals surface area contributed by atoms with Crippen molar-refractivity contribution >= 4 is 19.1 Å². The van der Waals surface area contributed by atoms with Crippen LogP contribution in [0.4, 0.5) is 0 Å². The van der Waals surface area contributed by atoms with E-state index in [0.29, 0.717) is 24.6 Å². The zero-order chi connectivity index (χ0) is 22.0. The summed E-state index contributed by atoms with van der Waals surface area (Å²) in [5.41, 5.74) is 2.18. The fourth-order valence-corrected chi connectivity index (χ4v) is 5.34. The third kappa shape index (κ3) is 5.48. The molecule has 0 bridgehead atoms. The van der Waals surface area contributed by atoms with Crippen molar-refractivity contribution in [2.24, 2.45) is 0 Å². The van der Waals surface area contributed by atoms with Gasteiger partial charge >= 0.3 is 0 Å². The summed E-state index contributed by atoms with van der Waals surface area (Å²) in [7, 11) is -1.11. The van der Waals surface area contributed by atoms with E-state index in [2.05, 4.69) is 59.5 Å². The van der Waals surface area contributed by atoms with Crippen LogP contribution in [0.15, 0.2) is 12.5 Å². The van der Waals surface area contributed by atoms with E-state index < -0.39 is 8.07 Å². The molecular formula is C23H38N4O3Si. The molecule has 31 heavy (non-hydrogen) atoms. The van der Waals surface area contributed by atoms with Crippen LogP contribution in [0.5, 0.6) is 5.88 Å². The van der Waals surface area contributed by atoms with Gasteiger partial charge in [0.15, 0.2) is 0 Å². The molecule has 2 aliphatic rings. The Morgan fingerprint density at radius 2 is 2.06 bits per heavy atom.